The Bertz CT molecular complexity index is 1860. The van der Waals surface area contributed by atoms with Gasteiger partial charge in [-0.2, -0.15) is 13.2 Å². The van der Waals surface area contributed by atoms with Crippen molar-refractivity contribution in [3.63, 3.8) is 0 Å². The number of nitrogens with one attached hydrogen (secondary N) is 1. The number of hydrogen-bond donors (Lipinski definition) is 1. The number of rotatable bonds is 5. The third-order valence-corrected chi connectivity index (χ3v) is 10.6. The van der Waals surface area contributed by atoms with Crippen molar-refractivity contribution in [3.05, 3.63) is 110 Å². The van der Waals surface area contributed by atoms with Crippen LogP contribution >= 0.6 is 23.1 Å². The molecule has 0 saturated carbocycles. The molecular weight excluding hydrogens is 624 g/mol. The van der Waals surface area contributed by atoms with E-state index >= 15 is 0 Å². The molecule has 3 amide bonds. The molecule has 3 aromatic carbocycles. The molecule has 1 aromatic heterocycles. The minimum atomic E-state index is -4.59. The quantitative estimate of drug-likeness (QED) is 0.244. The summed E-state index contributed by atoms with van der Waals surface area (Å²) in [6, 6.07) is 20.7. The molecule has 2 aliphatic heterocycles. The number of aromatic nitrogens is 1. The first-order valence-corrected chi connectivity index (χ1v) is 15.8. The van der Waals surface area contributed by atoms with Gasteiger partial charge in [-0.3, -0.25) is 23.7 Å². The fraction of sp³-hybridized carbons (Fsp3) is 0.273. The molecular formula is C33H28F3N3O4S2. The minimum absolute atomic E-state index is 0.0634. The Kier molecular flexibility index (Phi) is 7.77. The lowest BCUT2D eigenvalue weighted by atomic mass is 9.81. The van der Waals surface area contributed by atoms with Gasteiger partial charge in [0, 0.05) is 16.5 Å². The number of imide groups is 1. The summed E-state index contributed by atoms with van der Waals surface area (Å²) in [5.41, 5.74) is 1.18. The van der Waals surface area contributed by atoms with E-state index in [-0.39, 0.29) is 17.0 Å². The number of thiazole rings is 1. The number of hydrogen-bond acceptors (Lipinski definition) is 6. The average Bonchev–Trinajstić information content (AvgIpc) is 3.43. The summed E-state index contributed by atoms with van der Waals surface area (Å²) >= 11 is 1.99. The molecule has 1 N–H and O–H groups in total. The van der Waals surface area contributed by atoms with Crippen molar-refractivity contribution in [2.24, 2.45) is 5.92 Å². The lowest BCUT2D eigenvalue weighted by molar-refractivity contribution is -0.137. The van der Waals surface area contributed by atoms with Crippen molar-refractivity contribution in [2.45, 2.75) is 55.1 Å². The number of amides is 3. The zero-order chi connectivity index (χ0) is 32.3. The number of benzene rings is 3. The number of nitrogens with zero attached hydrogens (tertiary/aromatic N) is 2. The standard InChI is InChI=1S/C33H28F3N3O4S2/c1-32(2,3)19-14-12-18(13-15-19)24-25-26(29(42)39(28(25)41)22-10-5-4-6-11-22)44-30-27(24)45-31(43)38(30)17-23(40)37-21-9-7-8-20(16-21)33(34,35)36/h4-16,24-26H,17H2,1-3H3,(H,37,40). The maximum absolute atomic E-state index is 14.0. The van der Waals surface area contributed by atoms with Crippen molar-refractivity contribution in [1.29, 1.82) is 0 Å². The fourth-order valence-corrected chi connectivity index (χ4v) is 8.53. The van der Waals surface area contributed by atoms with Crippen molar-refractivity contribution >= 4 is 52.2 Å². The molecule has 0 aliphatic carbocycles. The summed E-state index contributed by atoms with van der Waals surface area (Å²) in [4.78, 5) is 55.6. The maximum atomic E-state index is 14.0. The first-order chi connectivity index (χ1) is 21.2. The van der Waals surface area contributed by atoms with Crippen molar-refractivity contribution in [2.75, 3.05) is 10.2 Å². The molecule has 1 fully saturated rings. The highest BCUT2D eigenvalue weighted by atomic mass is 32.2. The second-order valence-corrected chi connectivity index (χ2v) is 14.1. The number of carbonyl (C=O) groups is 3. The molecule has 4 aromatic rings. The van der Waals surface area contributed by atoms with E-state index in [1.54, 1.807) is 30.3 Å². The van der Waals surface area contributed by atoms with Gasteiger partial charge in [0.2, 0.25) is 17.7 Å². The Morgan fingerprint density at radius 3 is 2.20 bits per heavy atom. The van der Waals surface area contributed by atoms with E-state index in [2.05, 4.69) is 26.1 Å². The van der Waals surface area contributed by atoms with Crippen LogP contribution in [0.4, 0.5) is 24.5 Å². The SMILES string of the molecule is CC(C)(C)c1ccc(C2c3sc(=O)n(CC(=O)Nc4cccc(C(F)(F)F)c4)c3SC3C(=O)N(c4ccccc4)C(=O)C32)cc1. The molecule has 45 heavy (non-hydrogen) atoms. The van der Waals surface area contributed by atoms with Gasteiger partial charge >= 0.3 is 11.0 Å². The lowest BCUT2D eigenvalue weighted by Gasteiger charge is -2.31. The topological polar surface area (TPSA) is 88.5 Å². The maximum Gasteiger partial charge on any atom is 0.416 e. The Labute approximate surface area is 265 Å². The summed E-state index contributed by atoms with van der Waals surface area (Å²) in [6.07, 6.45) is -4.59. The minimum Gasteiger partial charge on any atom is -0.325 e. The van der Waals surface area contributed by atoms with E-state index in [1.807, 2.05) is 24.3 Å². The highest BCUT2D eigenvalue weighted by molar-refractivity contribution is 8.00. The average molecular weight is 652 g/mol. The molecule has 7 nitrogen and oxygen atoms in total. The van der Waals surface area contributed by atoms with Crippen LogP contribution in [0, 0.1) is 5.92 Å². The number of carbonyl (C=O) groups excluding carboxylic acids is 3. The van der Waals surface area contributed by atoms with E-state index in [1.165, 1.54) is 21.6 Å². The highest BCUT2D eigenvalue weighted by Crippen LogP contribution is 2.54. The van der Waals surface area contributed by atoms with Crippen LogP contribution in [0.1, 0.15) is 48.3 Å². The number of alkyl halides is 3. The molecule has 12 heteroatoms. The molecule has 1 saturated heterocycles. The molecule has 232 valence electrons. The Hall–Kier alpha value is -4.16. The monoisotopic (exact) mass is 651 g/mol. The summed E-state index contributed by atoms with van der Waals surface area (Å²) in [5.74, 6) is -2.90. The van der Waals surface area contributed by atoms with Gasteiger partial charge in [0.15, 0.2) is 0 Å². The first kappa shape index (κ1) is 30.8. The molecule has 0 spiro atoms. The Balaban J connectivity index is 1.39. The van der Waals surface area contributed by atoms with E-state index in [4.69, 9.17) is 0 Å². The van der Waals surface area contributed by atoms with Gasteiger partial charge in [-0.15, -0.1) is 0 Å². The second-order valence-electron chi connectivity index (χ2n) is 12.0. The molecule has 3 atom stereocenters. The number of anilines is 2. The number of halogens is 3. The van der Waals surface area contributed by atoms with Gasteiger partial charge in [0.1, 0.15) is 11.8 Å². The van der Waals surface area contributed by atoms with E-state index in [0.717, 1.165) is 46.4 Å². The third kappa shape index (κ3) is 5.72. The number of fused-ring (bicyclic) bond motifs is 2. The summed E-state index contributed by atoms with van der Waals surface area (Å²) in [6.45, 7) is 5.77. The van der Waals surface area contributed by atoms with Crippen LogP contribution < -0.4 is 15.1 Å². The van der Waals surface area contributed by atoms with E-state index in [9.17, 15) is 32.3 Å². The third-order valence-electron chi connectivity index (χ3n) is 7.97. The van der Waals surface area contributed by atoms with Crippen LogP contribution in [0.15, 0.2) is 88.7 Å². The number of para-hydroxylation sites is 1. The Morgan fingerprint density at radius 2 is 1.56 bits per heavy atom. The summed E-state index contributed by atoms with van der Waals surface area (Å²) < 4.78 is 40.8. The van der Waals surface area contributed by atoms with Crippen molar-refractivity contribution < 1.29 is 27.6 Å². The van der Waals surface area contributed by atoms with Gasteiger partial charge < -0.3 is 5.32 Å². The Morgan fingerprint density at radius 1 is 0.867 bits per heavy atom. The van der Waals surface area contributed by atoms with Gasteiger partial charge in [-0.25, -0.2) is 4.90 Å². The van der Waals surface area contributed by atoms with Gasteiger partial charge in [-0.05, 0) is 46.9 Å². The number of thioether (sulfide) groups is 1. The molecule has 6 rings (SSSR count). The first-order valence-electron chi connectivity index (χ1n) is 14.1. The van der Waals surface area contributed by atoms with Gasteiger partial charge in [0.25, 0.3) is 0 Å². The molecule has 2 aliphatic rings. The van der Waals surface area contributed by atoms with Crippen molar-refractivity contribution in [3.8, 4) is 0 Å². The predicted octanol–water partition coefficient (Wildman–Crippen LogP) is 6.66. The van der Waals surface area contributed by atoms with Gasteiger partial charge in [-0.1, -0.05) is 92.4 Å². The summed E-state index contributed by atoms with van der Waals surface area (Å²) in [5, 5.41) is 1.99. The van der Waals surface area contributed by atoms with Crippen LogP contribution in [0.5, 0.6) is 0 Å². The van der Waals surface area contributed by atoms with Crippen LogP contribution in [-0.4, -0.2) is 27.5 Å². The molecule has 0 radical (unpaired) electrons. The van der Waals surface area contributed by atoms with E-state index in [0.29, 0.717) is 15.6 Å². The smallest absolute Gasteiger partial charge is 0.325 e. The predicted molar refractivity (Wildman–Crippen MR) is 168 cm³/mol. The van der Waals surface area contributed by atoms with Crippen LogP contribution in [0.25, 0.3) is 0 Å². The largest absolute Gasteiger partial charge is 0.416 e. The van der Waals surface area contributed by atoms with Crippen LogP contribution in [0.3, 0.4) is 0 Å². The van der Waals surface area contributed by atoms with Crippen molar-refractivity contribution in [1.82, 2.24) is 4.57 Å². The fourth-order valence-electron chi connectivity index (χ4n) is 5.75. The van der Waals surface area contributed by atoms with Crippen LogP contribution in [0.2, 0.25) is 0 Å². The zero-order valence-corrected chi connectivity index (χ0v) is 26.1. The highest BCUT2D eigenvalue weighted by Gasteiger charge is 2.56. The van der Waals surface area contributed by atoms with E-state index < -0.39 is 52.1 Å². The molecule has 3 heterocycles. The molecule has 0 bridgehead atoms. The van der Waals surface area contributed by atoms with Gasteiger partial charge in [0.05, 0.1) is 22.2 Å². The summed E-state index contributed by atoms with van der Waals surface area (Å²) in [7, 11) is 0. The second kappa shape index (κ2) is 11.3. The van der Waals surface area contributed by atoms with Crippen LogP contribution in [-0.2, 0) is 32.5 Å². The normalized spacial score (nSPS) is 19.8. The zero-order valence-electron chi connectivity index (χ0n) is 24.4. The lowest BCUT2D eigenvalue weighted by Crippen LogP contribution is -2.33. The molecule has 3 unspecified atom stereocenters.